The Kier molecular flexibility index (Phi) is 6.75. The van der Waals surface area contributed by atoms with Crippen LogP contribution in [0, 0.1) is 0 Å². The van der Waals surface area contributed by atoms with Gasteiger partial charge < -0.3 is 14.5 Å². The molecule has 0 fully saturated rings. The van der Waals surface area contributed by atoms with Crippen LogP contribution in [0.5, 0.6) is 0 Å². The van der Waals surface area contributed by atoms with Crippen molar-refractivity contribution in [2.24, 2.45) is 0 Å². The predicted molar refractivity (Wildman–Crippen MR) is 107 cm³/mol. The second kappa shape index (κ2) is 8.28. The van der Waals surface area contributed by atoms with Crippen molar-refractivity contribution < 1.29 is 14.3 Å². The maximum absolute atomic E-state index is 12.4. The highest BCUT2D eigenvalue weighted by molar-refractivity contribution is 8.13. The van der Waals surface area contributed by atoms with E-state index in [4.69, 9.17) is 27.9 Å². The van der Waals surface area contributed by atoms with Crippen molar-refractivity contribution in [3.8, 4) is 0 Å². The Morgan fingerprint density at radius 3 is 2.23 bits per heavy atom. The van der Waals surface area contributed by atoms with Gasteiger partial charge in [-0.15, -0.1) is 0 Å². The normalized spacial score (nSPS) is 14.5. The number of fused-ring (bicyclic) bond motifs is 1. The Bertz CT molecular complexity index is 717. The molecule has 1 aliphatic heterocycles. The fraction of sp³-hybridized carbons (Fsp3) is 0.556. The Morgan fingerprint density at radius 2 is 1.69 bits per heavy atom. The van der Waals surface area contributed by atoms with E-state index >= 15 is 0 Å². The number of carbonyl (C=O) groups excluding carboxylic acids is 2. The van der Waals surface area contributed by atoms with E-state index in [1.165, 1.54) is 4.90 Å². The quantitative estimate of drug-likeness (QED) is 0.594. The molecule has 1 heterocycles. The highest BCUT2D eigenvalue weighted by Crippen LogP contribution is 2.39. The summed E-state index contributed by atoms with van der Waals surface area (Å²) in [5.41, 5.74) is 1.33. The summed E-state index contributed by atoms with van der Waals surface area (Å²) in [5, 5.41) is 0.919. The lowest BCUT2D eigenvalue weighted by atomic mass is 10.0. The number of nitrogens with zero attached hydrogens (tertiary/aromatic N) is 2. The van der Waals surface area contributed by atoms with Gasteiger partial charge in [0.2, 0.25) is 0 Å². The molecule has 0 saturated heterocycles. The summed E-state index contributed by atoms with van der Waals surface area (Å²) in [5.74, 6) is 0. The molecule has 0 atom stereocenters. The van der Waals surface area contributed by atoms with E-state index in [9.17, 15) is 9.59 Å². The van der Waals surface area contributed by atoms with Crippen LogP contribution in [0.1, 0.15) is 31.9 Å². The number of thioether (sulfide) groups is 1. The molecule has 0 saturated carbocycles. The Labute approximate surface area is 168 Å². The van der Waals surface area contributed by atoms with E-state index in [0.717, 1.165) is 27.8 Å². The van der Waals surface area contributed by atoms with Crippen LogP contribution in [-0.4, -0.2) is 53.9 Å². The van der Waals surface area contributed by atoms with Crippen LogP contribution >= 0.6 is 35.0 Å². The highest BCUT2D eigenvalue weighted by atomic mass is 35.5. The first kappa shape index (κ1) is 21.2. The van der Waals surface area contributed by atoms with E-state index < -0.39 is 5.60 Å². The molecule has 5 nitrogen and oxygen atoms in total. The minimum Gasteiger partial charge on any atom is -0.444 e. The van der Waals surface area contributed by atoms with Gasteiger partial charge in [0.05, 0.1) is 5.02 Å². The number of benzene rings is 1. The molecule has 1 aromatic rings. The predicted octanol–water partition coefficient (Wildman–Crippen LogP) is 5.10. The van der Waals surface area contributed by atoms with Gasteiger partial charge in [0.1, 0.15) is 5.60 Å². The van der Waals surface area contributed by atoms with E-state index in [1.807, 2.05) is 20.8 Å². The number of carbonyl (C=O) groups is 2. The first-order valence-corrected chi connectivity index (χ1v) is 9.93. The maximum Gasteiger partial charge on any atom is 0.410 e. The molecule has 2 amide bonds. The zero-order valence-corrected chi connectivity index (χ0v) is 18.0. The first-order valence-electron chi connectivity index (χ1n) is 8.36. The number of hydrogen-bond donors (Lipinski definition) is 0. The van der Waals surface area contributed by atoms with Crippen LogP contribution in [0.15, 0.2) is 11.0 Å². The lowest BCUT2D eigenvalue weighted by molar-refractivity contribution is 0.0258. The van der Waals surface area contributed by atoms with Gasteiger partial charge in [-0.2, -0.15) is 0 Å². The second-order valence-electron chi connectivity index (χ2n) is 7.36. The maximum atomic E-state index is 12.4. The molecular weight excluding hydrogens is 395 g/mol. The van der Waals surface area contributed by atoms with Crippen molar-refractivity contribution in [3.05, 3.63) is 27.2 Å². The molecule has 0 radical (unpaired) electrons. The number of rotatable bonds is 1. The molecule has 8 heteroatoms. The fourth-order valence-electron chi connectivity index (χ4n) is 2.63. The van der Waals surface area contributed by atoms with Gasteiger partial charge in [-0.1, -0.05) is 23.2 Å². The van der Waals surface area contributed by atoms with Crippen LogP contribution in [-0.2, 0) is 17.6 Å². The largest absolute Gasteiger partial charge is 0.444 e. The summed E-state index contributed by atoms with van der Waals surface area (Å²) >= 11 is 13.9. The standard InChI is InChI=1S/C18H24Cl2N2O3S/c1-18(2,3)25-16(23)22-8-6-11-12(7-9-22)15(14(20)10-13(11)19)26-17(24)21(4)5/h10H,6-9H2,1-5H3. The molecule has 1 aliphatic rings. The molecule has 144 valence electrons. The van der Waals surface area contributed by atoms with Crippen molar-refractivity contribution in [2.75, 3.05) is 27.2 Å². The second-order valence-corrected chi connectivity index (χ2v) is 9.13. The Morgan fingerprint density at radius 1 is 1.12 bits per heavy atom. The average molecular weight is 419 g/mol. The van der Waals surface area contributed by atoms with Gasteiger partial charge in [0.15, 0.2) is 0 Å². The zero-order chi connectivity index (χ0) is 19.6. The van der Waals surface area contributed by atoms with E-state index in [1.54, 1.807) is 25.1 Å². The smallest absolute Gasteiger partial charge is 0.410 e. The van der Waals surface area contributed by atoms with Gasteiger partial charge in [0.25, 0.3) is 5.24 Å². The van der Waals surface area contributed by atoms with Crippen molar-refractivity contribution in [1.29, 1.82) is 0 Å². The van der Waals surface area contributed by atoms with Gasteiger partial charge in [0, 0.05) is 37.1 Å². The fourth-order valence-corrected chi connectivity index (χ4v) is 4.20. The van der Waals surface area contributed by atoms with Crippen LogP contribution in [0.25, 0.3) is 0 Å². The minimum absolute atomic E-state index is 0.107. The van der Waals surface area contributed by atoms with Crippen LogP contribution < -0.4 is 0 Å². The van der Waals surface area contributed by atoms with Crippen LogP contribution in [0.2, 0.25) is 10.0 Å². The van der Waals surface area contributed by atoms with Crippen molar-refractivity contribution in [1.82, 2.24) is 9.80 Å². The Hall–Kier alpha value is -1.11. The number of ether oxygens (including phenoxy) is 1. The van der Waals surface area contributed by atoms with Gasteiger partial charge >= 0.3 is 6.09 Å². The summed E-state index contributed by atoms with van der Waals surface area (Å²) in [7, 11) is 3.39. The third-order valence-electron chi connectivity index (χ3n) is 3.87. The highest BCUT2D eigenvalue weighted by Gasteiger charge is 2.27. The lowest BCUT2D eigenvalue weighted by Gasteiger charge is -2.26. The molecule has 0 aromatic heterocycles. The summed E-state index contributed by atoms with van der Waals surface area (Å²) in [6.45, 7) is 6.53. The average Bonchev–Trinajstić information content (AvgIpc) is 2.72. The monoisotopic (exact) mass is 418 g/mol. The lowest BCUT2D eigenvalue weighted by Crippen LogP contribution is -2.38. The third kappa shape index (κ3) is 5.21. The van der Waals surface area contributed by atoms with Gasteiger partial charge in [-0.05, 0) is 62.6 Å². The SMILES string of the molecule is CN(C)C(=O)Sc1c(Cl)cc(Cl)c2c1CCN(C(=O)OC(C)(C)C)CC2. The molecule has 1 aromatic carbocycles. The van der Waals surface area contributed by atoms with E-state index in [0.29, 0.717) is 36.0 Å². The van der Waals surface area contributed by atoms with Crippen LogP contribution in [0.3, 0.4) is 0 Å². The van der Waals surface area contributed by atoms with Crippen molar-refractivity contribution in [3.63, 3.8) is 0 Å². The molecule has 2 rings (SSSR count). The molecule has 0 unspecified atom stereocenters. The topological polar surface area (TPSA) is 49.9 Å². The first-order chi connectivity index (χ1) is 12.0. The number of halogens is 2. The summed E-state index contributed by atoms with van der Waals surface area (Å²) < 4.78 is 5.47. The summed E-state index contributed by atoms with van der Waals surface area (Å²) in [6, 6.07) is 1.68. The van der Waals surface area contributed by atoms with E-state index in [-0.39, 0.29) is 11.3 Å². The molecule has 0 N–H and O–H groups in total. The molecule has 0 bridgehead atoms. The summed E-state index contributed by atoms with van der Waals surface area (Å²) in [4.78, 5) is 28.5. The number of hydrogen-bond acceptors (Lipinski definition) is 4. The van der Waals surface area contributed by atoms with Crippen LogP contribution in [0.4, 0.5) is 9.59 Å². The molecule has 0 spiro atoms. The molecular formula is C18H24Cl2N2O3S. The Balaban J connectivity index is 2.29. The third-order valence-corrected chi connectivity index (χ3v) is 5.82. The molecule has 26 heavy (non-hydrogen) atoms. The minimum atomic E-state index is -0.545. The van der Waals surface area contributed by atoms with Gasteiger partial charge in [-0.25, -0.2) is 4.79 Å². The zero-order valence-electron chi connectivity index (χ0n) is 15.7. The van der Waals surface area contributed by atoms with Crippen molar-refractivity contribution >= 4 is 46.3 Å². The molecule has 0 aliphatic carbocycles. The van der Waals surface area contributed by atoms with Gasteiger partial charge in [-0.3, -0.25) is 4.79 Å². The summed E-state index contributed by atoms with van der Waals surface area (Å²) in [6.07, 6.45) is 0.817. The van der Waals surface area contributed by atoms with Crippen molar-refractivity contribution in [2.45, 2.75) is 44.1 Å². The van der Waals surface area contributed by atoms with E-state index in [2.05, 4.69) is 0 Å². The number of amides is 2.